The molecule has 1 N–H and O–H groups in total. The summed E-state index contributed by atoms with van der Waals surface area (Å²) < 4.78 is 39.4. The molecule has 0 saturated carbocycles. The molecule has 7 heteroatoms. The molecule has 0 radical (unpaired) electrons. The highest BCUT2D eigenvalue weighted by Gasteiger charge is 2.38. The van der Waals surface area contributed by atoms with Crippen LogP contribution in [0.2, 0.25) is 0 Å². The lowest BCUT2D eigenvalue weighted by atomic mass is 10.1. The van der Waals surface area contributed by atoms with Gasteiger partial charge in [0.25, 0.3) is 0 Å². The summed E-state index contributed by atoms with van der Waals surface area (Å²) in [6, 6.07) is 2.43. The summed E-state index contributed by atoms with van der Waals surface area (Å²) in [6.45, 7) is 1.71. The molecule has 1 aromatic rings. The fraction of sp³-hybridized carbons (Fsp3) is 0.462. The minimum atomic E-state index is -4.00. The highest BCUT2D eigenvalue weighted by molar-refractivity contribution is 7.89. The molecule has 2 rings (SSSR count). The Morgan fingerprint density at radius 3 is 2.75 bits per heavy atom. The fourth-order valence-electron chi connectivity index (χ4n) is 2.42. The minimum Gasteiger partial charge on any atom is -0.480 e. The molecule has 1 unspecified atom stereocenters. The lowest BCUT2D eigenvalue weighted by Crippen LogP contribution is -2.47. The van der Waals surface area contributed by atoms with Gasteiger partial charge >= 0.3 is 5.97 Å². The van der Waals surface area contributed by atoms with E-state index in [1.54, 1.807) is 6.92 Å². The van der Waals surface area contributed by atoms with Gasteiger partial charge in [0.05, 0.1) is 4.90 Å². The van der Waals surface area contributed by atoms with E-state index >= 15 is 0 Å². The number of hydrogen-bond acceptors (Lipinski definition) is 3. The first-order valence-corrected chi connectivity index (χ1v) is 7.79. The standard InChI is InChI=1S/C13H16FNO4S/c1-9-5-6-10(14)8-12(9)20(18,19)15-7-3-2-4-11(15)13(16)17/h5-6,8,11H,2-4,7H2,1H3,(H,16,17). The molecular formula is C13H16FNO4S. The maximum atomic E-state index is 13.3. The summed E-state index contributed by atoms with van der Waals surface area (Å²) >= 11 is 0. The van der Waals surface area contributed by atoms with Crippen molar-refractivity contribution in [2.45, 2.75) is 37.1 Å². The van der Waals surface area contributed by atoms with Crippen molar-refractivity contribution in [2.75, 3.05) is 6.54 Å². The van der Waals surface area contributed by atoms with Crippen LogP contribution in [0.1, 0.15) is 24.8 Å². The SMILES string of the molecule is Cc1ccc(F)cc1S(=O)(=O)N1CCCCC1C(=O)O. The van der Waals surface area contributed by atoms with Crippen molar-refractivity contribution in [3.63, 3.8) is 0 Å². The fourth-order valence-corrected chi connectivity index (χ4v) is 4.31. The molecule has 1 aliphatic rings. The maximum Gasteiger partial charge on any atom is 0.322 e. The van der Waals surface area contributed by atoms with E-state index in [-0.39, 0.29) is 17.9 Å². The van der Waals surface area contributed by atoms with Gasteiger partial charge in [-0.1, -0.05) is 6.07 Å². The third-order valence-electron chi connectivity index (χ3n) is 3.48. The van der Waals surface area contributed by atoms with Gasteiger partial charge in [0, 0.05) is 6.54 Å². The smallest absolute Gasteiger partial charge is 0.322 e. The molecule has 1 atom stereocenters. The predicted molar refractivity (Wildman–Crippen MR) is 70.3 cm³/mol. The number of carbonyl (C=O) groups is 1. The maximum absolute atomic E-state index is 13.3. The number of rotatable bonds is 3. The summed E-state index contributed by atoms with van der Waals surface area (Å²) in [4.78, 5) is 11.1. The largest absolute Gasteiger partial charge is 0.480 e. The topological polar surface area (TPSA) is 74.7 Å². The van der Waals surface area contributed by atoms with Gasteiger partial charge in [-0.3, -0.25) is 4.79 Å². The van der Waals surface area contributed by atoms with Crippen molar-refractivity contribution in [2.24, 2.45) is 0 Å². The number of carboxylic acids is 1. The number of halogens is 1. The number of hydrogen-bond donors (Lipinski definition) is 1. The lowest BCUT2D eigenvalue weighted by Gasteiger charge is -2.32. The Bertz CT molecular complexity index is 629. The van der Waals surface area contributed by atoms with Crippen LogP contribution < -0.4 is 0 Å². The second-order valence-electron chi connectivity index (χ2n) is 4.88. The third kappa shape index (κ3) is 2.69. The molecule has 110 valence electrons. The second kappa shape index (κ2) is 5.49. The van der Waals surface area contributed by atoms with Crippen molar-refractivity contribution in [3.05, 3.63) is 29.6 Å². The zero-order chi connectivity index (χ0) is 14.9. The summed E-state index contributed by atoms with van der Waals surface area (Å²) in [7, 11) is -4.00. The van der Waals surface area contributed by atoms with Crippen LogP contribution in [0.4, 0.5) is 4.39 Å². The molecule has 20 heavy (non-hydrogen) atoms. The monoisotopic (exact) mass is 301 g/mol. The molecule has 1 saturated heterocycles. The Balaban J connectivity index is 2.47. The lowest BCUT2D eigenvalue weighted by molar-refractivity contribution is -0.142. The zero-order valence-corrected chi connectivity index (χ0v) is 11.9. The number of nitrogens with zero attached hydrogens (tertiary/aromatic N) is 1. The first-order chi connectivity index (χ1) is 9.34. The van der Waals surface area contributed by atoms with Crippen LogP contribution in [-0.4, -0.2) is 36.4 Å². The van der Waals surface area contributed by atoms with Crippen LogP contribution in [0.25, 0.3) is 0 Å². The van der Waals surface area contributed by atoms with Crippen LogP contribution in [-0.2, 0) is 14.8 Å². The highest BCUT2D eigenvalue weighted by Crippen LogP contribution is 2.27. The number of aliphatic carboxylic acids is 1. The first kappa shape index (κ1) is 14.9. The van der Waals surface area contributed by atoms with Crippen LogP contribution in [0.15, 0.2) is 23.1 Å². The van der Waals surface area contributed by atoms with Gasteiger partial charge in [0.2, 0.25) is 10.0 Å². The van der Waals surface area contributed by atoms with Gasteiger partial charge in [-0.2, -0.15) is 4.31 Å². The van der Waals surface area contributed by atoms with Gasteiger partial charge in [0.15, 0.2) is 0 Å². The molecule has 1 aromatic carbocycles. The van der Waals surface area contributed by atoms with Crippen LogP contribution in [0.3, 0.4) is 0 Å². The van der Waals surface area contributed by atoms with E-state index in [1.807, 2.05) is 0 Å². The average Bonchev–Trinajstić information content (AvgIpc) is 2.41. The summed E-state index contributed by atoms with van der Waals surface area (Å²) in [5.74, 6) is -1.82. The van der Waals surface area contributed by atoms with Gasteiger partial charge in [0.1, 0.15) is 11.9 Å². The normalized spacial score (nSPS) is 20.8. The molecule has 1 heterocycles. The molecule has 1 aliphatic heterocycles. The van der Waals surface area contributed by atoms with Crippen molar-refractivity contribution in [1.82, 2.24) is 4.31 Å². The predicted octanol–water partition coefficient (Wildman–Crippen LogP) is 1.76. The minimum absolute atomic E-state index is 0.148. The van der Waals surface area contributed by atoms with E-state index < -0.39 is 27.9 Å². The summed E-state index contributed by atoms with van der Waals surface area (Å²) in [6.07, 6.45) is 1.56. The van der Waals surface area contributed by atoms with Crippen molar-refractivity contribution in [3.8, 4) is 0 Å². The van der Waals surface area contributed by atoms with E-state index in [2.05, 4.69) is 0 Å². The molecule has 0 spiro atoms. The van der Waals surface area contributed by atoms with Crippen molar-refractivity contribution < 1.29 is 22.7 Å². The van der Waals surface area contributed by atoms with E-state index in [0.717, 1.165) is 10.4 Å². The number of piperidine rings is 1. The van der Waals surface area contributed by atoms with Gasteiger partial charge < -0.3 is 5.11 Å². The Morgan fingerprint density at radius 2 is 2.10 bits per heavy atom. The molecule has 0 aliphatic carbocycles. The summed E-state index contributed by atoms with van der Waals surface area (Å²) in [5, 5.41) is 9.16. The number of benzene rings is 1. The number of sulfonamides is 1. The third-order valence-corrected chi connectivity index (χ3v) is 5.53. The van der Waals surface area contributed by atoms with Gasteiger partial charge in [-0.05, 0) is 43.9 Å². The van der Waals surface area contributed by atoms with E-state index in [4.69, 9.17) is 5.11 Å². The number of carboxylic acid groups (broad SMARTS) is 1. The molecule has 0 aromatic heterocycles. The molecule has 0 amide bonds. The second-order valence-corrected chi connectivity index (χ2v) is 6.73. The first-order valence-electron chi connectivity index (χ1n) is 6.35. The van der Waals surface area contributed by atoms with E-state index in [1.165, 1.54) is 12.1 Å². The van der Waals surface area contributed by atoms with Gasteiger partial charge in [-0.25, -0.2) is 12.8 Å². The Hall–Kier alpha value is -1.47. The average molecular weight is 301 g/mol. The van der Waals surface area contributed by atoms with Crippen LogP contribution >= 0.6 is 0 Å². The zero-order valence-electron chi connectivity index (χ0n) is 11.0. The van der Waals surface area contributed by atoms with Crippen LogP contribution in [0.5, 0.6) is 0 Å². The van der Waals surface area contributed by atoms with Gasteiger partial charge in [-0.15, -0.1) is 0 Å². The molecular weight excluding hydrogens is 285 g/mol. The molecule has 5 nitrogen and oxygen atoms in total. The Kier molecular flexibility index (Phi) is 4.10. The van der Waals surface area contributed by atoms with Crippen molar-refractivity contribution in [1.29, 1.82) is 0 Å². The Labute approximate surface area is 117 Å². The Morgan fingerprint density at radius 1 is 1.40 bits per heavy atom. The van der Waals surface area contributed by atoms with E-state index in [0.29, 0.717) is 18.4 Å². The van der Waals surface area contributed by atoms with Crippen LogP contribution in [0, 0.1) is 12.7 Å². The molecule has 1 fully saturated rings. The molecule has 0 bridgehead atoms. The number of aryl methyl sites for hydroxylation is 1. The summed E-state index contributed by atoms with van der Waals surface area (Å²) in [5.41, 5.74) is 0.404. The highest BCUT2D eigenvalue weighted by atomic mass is 32.2. The quantitative estimate of drug-likeness (QED) is 0.923. The van der Waals surface area contributed by atoms with Crippen molar-refractivity contribution >= 4 is 16.0 Å². The van der Waals surface area contributed by atoms with E-state index in [9.17, 15) is 17.6 Å².